The van der Waals surface area contributed by atoms with E-state index < -0.39 is 0 Å². The van der Waals surface area contributed by atoms with Crippen LogP contribution in [-0.2, 0) is 4.74 Å². The summed E-state index contributed by atoms with van der Waals surface area (Å²) in [4.78, 5) is 16.8. The van der Waals surface area contributed by atoms with E-state index in [4.69, 9.17) is 4.74 Å². The van der Waals surface area contributed by atoms with Crippen molar-refractivity contribution < 1.29 is 9.53 Å². The molecule has 1 saturated carbocycles. The maximum absolute atomic E-state index is 12.4. The Bertz CT molecular complexity index is 490. The molecule has 0 spiro atoms. The van der Waals surface area contributed by atoms with Gasteiger partial charge in [0.1, 0.15) is 5.82 Å². The average molecular weight is 291 g/mol. The van der Waals surface area contributed by atoms with Gasteiger partial charge in [-0.15, -0.1) is 0 Å². The van der Waals surface area contributed by atoms with Crippen LogP contribution in [0, 0.1) is 6.92 Å². The second-order valence-corrected chi connectivity index (χ2v) is 5.65. The first-order valence-electron chi connectivity index (χ1n) is 7.68. The standard InChI is InChI=1S/C16H25N3O2/c1-4-7-17-15-9-12(8-11(2)18-15)16(20)19-13-5-6-14(10-13)21-3/h8-9,13-14H,4-7,10H2,1-3H3,(H,17,18)(H,19,20). The second-order valence-electron chi connectivity index (χ2n) is 5.65. The first-order chi connectivity index (χ1) is 10.1. The number of aromatic nitrogens is 1. The summed E-state index contributed by atoms with van der Waals surface area (Å²) < 4.78 is 5.34. The van der Waals surface area contributed by atoms with Crippen molar-refractivity contribution in [1.29, 1.82) is 0 Å². The highest BCUT2D eigenvalue weighted by atomic mass is 16.5. The Labute approximate surface area is 126 Å². The van der Waals surface area contributed by atoms with Crippen LogP contribution in [0.3, 0.4) is 0 Å². The van der Waals surface area contributed by atoms with E-state index in [-0.39, 0.29) is 18.1 Å². The number of nitrogens with one attached hydrogen (secondary N) is 2. The zero-order valence-corrected chi connectivity index (χ0v) is 13.1. The third-order valence-electron chi connectivity index (χ3n) is 3.82. The van der Waals surface area contributed by atoms with E-state index in [0.717, 1.165) is 43.7 Å². The molecule has 2 unspecified atom stereocenters. The van der Waals surface area contributed by atoms with Crippen molar-refractivity contribution in [2.45, 2.75) is 51.7 Å². The van der Waals surface area contributed by atoms with Gasteiger partial charge in [0.2, 0.25) is 0 Å². The lowest BCUT2D eigenvalue weighted by Crippen LogP contribution is -2.33. The van der Waals surface area contributed by atoms with Gasteiger partial charge in [-0.2, -0.15) is 0 Å². The van der Waals surface area contributed by atoms with Gasteiger partial charge in [-0.05, 0) is 44.7 Å². The third-order valence-corrected chi connectivity index (χ3v) is 3.82. The SMILES string of the molecule is CCCNc1cc(C(=O)NC2CCC(OC)C2)cc(C)n1. The van der Waals surface area contributed by atoms with Crippen LogP contribution in [0.4, 0.5) is 5.82 Å². The highest BCUT2D eigenvalue weighted by Gasteiger charge is 2.26. The molecule has 0 radical (unpaired) electrons. The number of ether oxygens (including phenoxy) is 1. The summed E-state index contributed by atoms with van der Waals surface area (Å²) in [6.45, 7) is 4.86. The summed E-state index contributed by atoms with van der Waals surface area (Å²) >= 11 is 0. The van der Waals surface area contributed by atoms with Gasteiger partial charge in [0.25, 0.3) is 5.91 Å². The van der Waals surface area contributed by atoms with Crippen LogP contribution in [0.15, 0.2) is 12.1 Å². The quantitative estimate of drug-likeness (QED) is 0.845. The third kappa shape index (κ3) is 4.43. The van der Waals surface area contributed by atoms with E-state index in [0.29, 0.717) is 5.56 Å². The smallest absolute Gasteiger partial charge is 0.251 e. The number of nitrogens with zero attached hydrogens (tertiary/aromatic N) is 1. The molecule has 1 aromatic rings. The summed E-state index contributed by atoms with van der Waals surface area (Å²) in [5.41, 5.74) is 1.52. The maximum Gasteiger partial charge on any atom is 0.251 e. The van der Waals surface area contributed by atoms with Crippen molar-refractivity contribution in [2.24, 2.45) is 0 Å². The summed E-state index contributed by atoms with van der Waals surface area (Å²) in [5.74, 6) is 0.741. The van der Waals surface area contributed by atoms with Gasteiger partial charge in [0.05, 0.1) is 6.10 Å². The minimum atomic E-state index is -0.0261. The second kappa shape index (κ2) is 7.41. The Morgan fingerprint density at radius 3 is 2.90 bits per heavy atom. The van der Waals surface area contributed by atoms with Crippen molar-refractivity contribution in [2.75, 3.05) is 19.0 Å². The zero-order chi connectivity index (χ0) is 15.2. The van der Waals surface area contributed by atoms with Crippen LogP contribution in [0.2, 0.25) is 0 Å². The number of amides is 1. The molecule has 1 aromatic heterocycles. The lowest BCUT2D eigenvalue weighted by Gasteiger charge is -2.14. The molecule has 0 aromatic carbocycles. The average Bonchev–Trinajstić information content (AvgIpc) is 2.92. The summed E-state index contributed by atoms with van der Waals surface area (Å²) in [6.07, 6.45) is 4.19. The Kier molecular flexibility index (Phi) is 5.56. The van der Waals surface area contributed by atoms with Crippen LogP contribution >= 0.6 is 0 Å². The molecule has 0 aliphatic heterocycles. The Morgan fingerprint density at radius 1 is 1.43 bits per heavy atom. The number of carbonyl (C=O) groups excluding carboxylic acids is 1. The van der Waals surface area contributed by atoms with Crippen molar-refractivity contribution in [3.05, 3.63) is 23.4 Å². The Morgan fingerprint density at radius 2 is 2.24 bits per heavy atom. The van der Waals surface area contributed by atoms with Crippen molar-refractivity contribution in [1.82, 2.24) is 10.3 Å². The molecule has 1 aliphatic rings. The van der Waals surface area contributed by atoms with Crippen LogP contribution in [0.5, 0.6) is 0 Å². The number of anilines is 1. The number of hydrogen-bond acceptors (Lipinski definition) is 4. The van der Waals surface area contributed by atoms with Gasteiger partial charge < -0.3 is 15.4 Å². The van der Waals surface area contributed by atoms with Gasteiger partial charge in [0, 0.05) is 31.0 Å². The van der Waals surface area contributed by atoms with Crippen LogP contribution in [0.1, 0.15) is 48.7 Å². The fourth-order valence-corrected chi connectivity index (χ4v) is 2.70. The first-order valence-corrected chi connectivity index (χ1v) is 7.68. The molecule has 0 saturated heterocycles. The molecule has 1 heterocycles. The molecule has 2 rings (SSSR count). The van der Waals surface area contributed by atoms with Crippen LogP contribution in [-0.4, -0.2) is 36.7 Å². The predicted octanol–water partition coefficient (Wildman–Crippen LogP) is 2.51. The molecule has 5 nitrogen and oxygen atoms in total. The molecule has 1 fully saturated rings. The molecule has 2 atom stereocenters. The molecular formula is C16H25N3O2. The topological polar surface area (TPSA) is 63.2 Å². The fourth-order valence-electron chi connectivity index (χ4n) is 2.70. The van der Waals surface area contributed by atoms with E-state index in [2.05, 4.69) is 22.5 Å². The van der Waals surface area contributed by atoms with Crippen molar-refractivity contribution in [3.8, 4) is 0 Å². The highest BCUT2D eigenvalue weighted by Crippen LogP contribution is 2.22. The van der Waals surface area contributed by atoms with E-state index in [1.54, 1.807) is 7.11 Å². The van der Waals surface area contributed by atoms with Gasteiger partial charge in [-0.1, -0.05) is 6.92 Å². The maximum atomic E-state index is 12.4. The van der Waals surface area contributed by atoms with Crippen molar-refractivity contribution in [3.63, 3.8) is 0 Å². The molecule has 1 amide bonds. The molecule has 2 N–H and O–H groups in total. The van der Waals surface area contributed by atoms with E-state index in [1.165, 1.54) is 0 Å². The van der Waals surface area contributed by atoms with Crippen molar-refractivity contribution >= 4 is 11.7 Å². The predicted molar refractivity (Wildman–Crippen MR) is 83.7 cm³/mol. The molecule has 1 aliphatic carbocycles. The largest absolute Gasteiger partial charge is 0.381 e. The van der Waals surface area contributed by atoms with Gasteiger partial charge in [-0.3, -0.25) is 4.79 Å². The summed E-state index contributed by atoms with van der Waals surface area (Å²) in [5, 5.41) is 6.32. The van der Waals surface area contributed by atoms with Crippen LogP contribution < -0.4 is 10.6 Å². The van der Waals surface area contributed by atoms with Gasteiger partial charge >= 0.3 is 0 Å². The molecule has 5 heteroatoms. The number of pyridine rings is 1. The van der Waals surface area contributed by atoms with E-state index >= 15 is 0 Å². The Balaban J connectivity index is 2.00. The number of carbonyl (C=O) groups is 1. The fraction of sp³-hybridized carbons (Fsp3) is 0.625. The first kappa shape index (κ1) is 15.8. The molecule has 0 bridgehead atoms. The van der Waals surface area contributed by atoms with Crippen LogP contribution in [0.25, 0.3) is 0 Å². The van der Waals surface area contributed by atoms with Gasteiger partial charge in [-0.25, -0.2) is 4.98 Å². The zero-order valence-electron chi connectivity index (χ0n) is 13.1. The molecular weight excluding hydrogens is 266 g/mol. The summed E-state index contributed by atoms with van der Waals surface area (Å²) in [7, 11) is 1.73. The lowest BCUT2D eigenvalue weighted by atomic mass is 10.1. The highest BCUT2D eigenvalue weighted by molar-refractivity contribution is 5.95. The number of hydrogen-bond donors (Lipinski definition) is 2. The normalized spacial score (nSPS) is 21.3. The number of aryl methyl sites for hydroxylation is 1. The van der Waals surface area contributed by atoms with Gasteiger partial charge in [0.15, 0.2) is 0 Å². The monoisotopic (exact) mass is 291 g/mol. The number of rotatable bonds is 6. The summed E-state index contributed by atoms with van der Waals surface area (Å²) in [6, 6.07) is 3.86. The molecule has 21 heavy (non-hydrogen) atoms. The van der Waals surface area contributed by atoms with E-state index in [1.807, 2.05) is 19.1 Å². The minimum absolute atomic E-state index is 0.0261. The number of methoxy groups -OCH3 is 1. The molecule has 116 valence electrons. The lowest BCUT2D eigenvalue weighted by molar-refractivity contribution is 0.0915. The Hall–Kier alpha value is -1.62. The minimum Gasteiger partial charge on any atom is -0.381 e. The van der Waals surface area contributed by atoms with E-state index in [9.17, 15) is 4.79 Å².